The van der Waals surface area contributed by atoms with E-state index in [1.165, 1.54) is 0 Å². The molecule has 0 saturated carbocycles. The van der Waals surface area contributed by atoms with Crippen LogP contribution in [0.25, 0.3) is 0 Å². The highest BCUT2D eigenvalue weighted by Gasteiger charge is 2.66. The van der Waals surface area contributed by atoms with Crippen molar-refractivity contribution >= 4 is 31.5 Å². The topological polar surface area (TPSA) is 102 Å². The first-order valence-corrected chi connectivity index (χ1v) is 14.3. The molecule has 4 atom stereocenters. The molecule has 0 bridgehead atoms. The first-order chi connectivity index (χ1) is 15.2. The van der Waals surface area contributed by atoms with Crippen LogP contribution in [0, 0.1) is 5.92 Å². The van der Waals surface area contributed by atoms with E-state index in [9.17, 15) is 19.5 Å². The van der Waals surface area contributed by atoms with E-state index in [2.05, 4.69) is 11.9 Å². The Morgan fingerprint density at radius 2 is 2.12 bits per heavy atom. The lowest BCUT2D eigenvalue weighted by atomic mass is 9.82. The number of benzene rings is 1. The number of carbonyl (C=O) groups excluding carboxylic acids is 2. The normalized spacial score (nSPS) is 30.3. The first kappa shape index (κ1) is 23.1. The fourth-order valence-electron chi connectivity index (χ4n) is 5.82. The number of nitrogens with one attached hydrogen (secondary N) is 1. The van der Waals surface area contributed by atoms with Crippen LogP contribution in [0.2, 0.25) is 18.6 Å². The highest BCUT2D eigenvalue weighted by molar-refractivity contribution is 6.71. The molecule has 0 radical (unpaired) electrons. The Bertz CT molecular complexity index is 933. The third-order valence-electron chi connectivity index (χ3n) is 7.09. The molecular weight excluding hydrogens is 426 g/mol. The number of fused-ring (bicyclic) bond motifs is 2. The zero-order valence-corrected chi connectivity index (χ0v) is 20.0. The molecular formula is C23H33N3O5Si. The predicted molar refractivity (Wildman–Crippen MR) is 125 cm³/mol. The molecule has 1 spiro atoms. The van der Waals surface area contributed by atoms with Gasteiger partial charge >= 0.3 is 0 Å². The van der Waals surface area contributed by atoms with Crippen LogP contribution in [-0.4, -0.2) is 68.9 Å². The van der Waals surface area contributed by atoms with E-state index in [1.54, 1.807) is 15.9 Å². The molecule has 3 N–H and O–H groups in total. The number of aliphatic hydroxyl groups is 1. The van der Waals surface area contributed by atoms with Gasteiger partial charge in [0.2, 0.25) is 5.91 Å². The lowest BCUT2D eigenvalue weighted by molar-refractivity contribution is -0.146. The molecule has 4 rings (SSSR count). The molecule has 8 nitrogen and oxygen atoms in total. The molecule has 9 heteroatoms. The van der Waals surface area contributed by atoms with Crippen LogP contribution in [0.3, 0.4) is 0 Å². The highest BCUT2D eigenvalue weighted by Crippen LogP contribution is 2.59. The van der Waals surface area contributed by atoms with Gasteiger partial charge in [0.25, 0.3) is 5.91 Å². The molecule has 1 aromatic rings. The minimum Gasteiger partial charge on any atom is -0.432 e. The molecule has 0 unspecified atom stereocenters. The van der Waals surface area contributed by atoms with Gasteiger partial charge in [-0.15, -0.1) is 6.58 Å². The Kier molecular flexibility index (Phi) is 6.06. The monoisotopic (exact) mass is 459 g/mol. The molecule has 2 amide bonds. The summed E-state index contributed by atoms with van der Waals surface area (Å²) in [5, 5.41) is 12.7. The molecule has 174 valence electrons. The van der Waals surface area contributed by atoms with Gasteiger partial charge in [-0.25, -0.2) is 0 Å². The summed E-state index contributed by atoms with van der Waals surface area (Å²) < 4.78 is 6.56. The van der Waals surface area contributed by atoms with Crippen molar-refractivity contribution < 1.29 is 24.2 Å². The van der Waals surface area contributed by atoms with Gasteiger partial charge < -0.3 is 29.8 Å². The molecule has 3 heterocycles. The van der Waals surface area contributed by atoms with Crippen LogP contribution in [0.1, 0.15) is 18.9 Å². The summed E-state index contributed by atoms with van der Waals surface area (Å²) in [5.41, 5.74) is 0.724. The third-order valence-corrected chi connectivity index (χ3v) is 9.60. The number of aliphatic hydroxyl groups excluding tert-OH is 1. The molecule has 3 aliphatic rings. The van der Waals surface area contributed by atoms with Crippen LogP contribution in [0.4, 0.5) is 11.4 Å². The van der Waals surface area contributed by atoms with Crippen molar-refractivity contribution in [2.45, 2.75) is 43.7 Å². The van der Waals surface area contributed by atoms with E-state index in [0.717, 1.165) is 16.9 Å². The SMILES string of the molecule is C=CCN1C(=O)[C@]2(O[C@H](CCO)[C@@H]([Si](C)(C)O)[C@@H]2C)c2cc(N3CCNCC3=O)ccc21. The van der Waals surface area contributed by atoms with E-state index >= 15 is 0 Å². The van der Waals surface area contributed by atoms with E-state index in [1.807, 2.05) is 38.2 Å². The van der Waals surface area contributed by atoms with E-state index in [-0.39, 0.29) is 36.4 Å². The lowest BCUT2D eigenvalue weighted by Crippen LogP contribution is -2.48. The maximum absolute atomic E-state index is 13.9. The standard InChI is InChI=1S/C23H33N3O5Si/c1-5-10-26-18-7-6-16(25-11-9-24-14-20(25)28)13-17(18)23(22(26)29)15(2)21(32(3,4)30)19(31-23)8-12-27/h5-7,13,15,19,21,24,27,30H,1,8-12,14H2,2-4H3/t15-,19+,21-,23+/m0/s1. The largest absolute Gasteiger partial charge is 0.432 e. The molecule has 0 aromatic heterocycles. The summed E-state index contributed by atoms with van der Waals surface area (Å²) in [6, 6.07) is 5.65. The molecule has 2 saturated heterocycles. The second kappa shape index (κ2) is 8.38. The summed E-state index contributed by atoms with van der Waals surface area (Å²) in [6.45, 7) is 11.3. The van der Waals surface area contributed by atoms with Crippen LogP contribution in [0.5, 0.6) is 0 Å². The first-order valence-electron chi connectivity index (χ1n) is 11.3. The number of anilines is 2. The van der Waals surface area contributed by atoms with Crippen LogP contribution >= 0.6 is 0 Å². The lowest BCUT2D eigenvalue weighted by Gasteiger charge is -2.33. The predicted octanol–water partition coefficient (Wildman–Crippen LogP) is 1.34. The Morgan fingerprint density at radius 1 is 1.38 bits per heavy atom. The van der Waals surface area contributed by atoms with Gasteiger partial charge in [0.1, 0.15) is 0 Å². The summed E-state index contributed by atoms with van der Waals surface area (Å²) in [5.74, 6) is -0.481. The van der Waals surface area contributed by atoms with Crippen molar-refractivity contribution in [3.63, 3.8) is 0 Å². The average molecular weight is 460 g/mol. The fourth-order valence-corrected chi connectivity index (χ4v) is 8.42. The van der Waals surface area contributed by atoms with Crippen molar-refractivity contribution in [3.05, 3.63) is 36.4 Å². The number of amides is 2. The molecule has 2 fully saturated rings. The number of hydrogen-bond donors (Lipinski definition) is 3. The van der Waals surface area contributed by atoms with E-state index in [4.69, 9.17) is 4.74 Å². The number of piperazine rings is 1. The van der Waals surface area contributed by atoms with Crippen molar-refractivity contribution in [2.75, 3.05) is 42.6 Å². The Balaban J connectivity index is 1.86. The van der Waals surface area contributed by atoms with Crippen LogP contribution < -0.4 is 15.1 Å². The van der Waals surface area contributed by atoms with Crippen LogP contribution in [0.15, 0.2) is 30.9 Å². The second-order valence-corrected chi connectivity index (χ2v) is 13.5. The van der Waals surface area contributed by atoms with Crippen LogP contribution in [-0.2, 0) is 19.9 Å². The number of rotatable bonds is 6. The van der Waals surface area contributed by atoms with Gasteiger partial charge in [-0.2, -0.15) is 0 Å². The van der Waals surface area contributed by atoms with Crippen molar-refractivity contribution in [2.24, 2.45) is 5.92 Å². The van der Waals surface area contributed by atoms with Gasteiger partial charge in [0.05, 0.1) is 18.3 Å². The zero-order valence-electron chi connectivity index (χ0n) is 19.0. The molecule has 32 heavy (non-hydrogen) atoms. The number of nitrogens with zero attached hydrogens (tertiary/aromatic N) is 2. The summed E-state index contributed by atoms with van der Waals surface area (Å²) >= 11 is 0. The Morgan fingerprint density at radius 3 is 2.75 bits per heavy atom. The highest BCUT2D eigenvalue weighted by atomic mass is 28.4. The quantitative estimate of drug-likeness (QED) is 0.438. The molecule has 3 aliphatic heterocycles. The maximum Gasteiger partial charge on any atom is 0.264 e. The summed E-state index contributed by atoms with van der Waals surface area (Å²) in [7, 11) is -2.73. The summed E-state index contributed by atoms with van der Waals surface area (Å²) in [6.07, 6.45) is 1.61. The van der Waals surface area contributed by atoms with Crippen molar-refractivity contribution in [3.8, 4) is 0 Å². The number of carbonyl (C=O) groups is 2. The third kappa shape index (κ3) is 3.43. The number of hydrogen-bond acceptors (Lipinski definition) is 6. The smallest absolute Gasteiger partial charge is 0.264 e. The minimum atomic E-state index is -2.73. The van der Waals surface area contributed by atoms with Gasteiger partial charge in [-0.05, 0) is 37.7 Å². The van der Waals surface area contributed by atoms with E-state index < -0.39 is 20.0 Å². The average Bonchev–Trinajstić information content (AvgIpc) is 3.16. The molecule has 1 aromatic carbocycles. The second-order valence-electron chi connectivity index (χ2n) is 9.50. The van der Waals surface area contributed by atoms with E-state index in [0.29, 0.717) is 26.1 Å². The fraction of sp³-hybridized carbons (Fsp3) is 0.565. The maximum atomic E-state index is 13.9. The zero-order chi connectivity index (χ0) is 23.3. The van der Waals surface area contributed by atoms with Gasteiger partial charge in [0, 0.05) is 49.0 Å². The Hall–Kier alpha value is -2.04. The van der Waals surface area contributed by atoms with Crippen molar-refractivity contribution in [1.82, 2.24) is 5.32 Å². The summed E-state index contributed by atoms with van der Waals surface area (Å²) in [4.78, 5) is 40.9. The van der Waals surface area contributed by atoms with Gasteiger partial charge in [-0.3, -0.25) is 9.59 Å². The minimum absolute atomic E-state index is 0.0159. The number of ether oxygens (including phenoxy) is 1. The van der Waals surface area contributed by atoms with Crippen molar-refractivity contribution in [1.29, 1.82) is 0 Å². The Labute approximate surface area is 190 Å². The molecule has 0 aliphatic carbocycles. The van der Waals surface area contributed by atoms with Gasteiger partial charge in [0.15, 0.2) is 13.9 Å². The van der Waals surface area contributed by atoms with Gasteiger partial charge in [-0.1, -0.05) is 13.0 Å².